The van der Waals surface area contributed by atoms with Gasteiger partial charge in [-0.2, -0.15) is 0 Å². The third kappa shape index (κ3) is 4.54. The molecule has 0 aliphatic carbocycles. The van der Waals surface area contributed by atoms with E-state index in [1.54, 1.807) is 0 Å². The van der Waals surface area contributed by atoms with E-state index >= 15 is 0 Å². The van der Waals surface area contributed by atoms with Crippen LogP contribution in [0.15, 0.2) is 6.33 Å². The van der Waals surface area contributed by atoms with Gasteiger partial charge in [0.05, 0.1) is 12.0 Å². The fourth-order valence-corrected chi connectivity index (χ4v) is 4.08. The normalized spacial score (nSPS) is 21.5. The van der Waals surface area contributed by atoms with E-state index in [0.29, 0.717) is 12.0 Å². The van der Waals surface area contributed by atoms with Crippen LogP contribution in [0.25, 0.3) is 0 Å². The molecular weight excluding hydrogens is 316 g/mol. The van der Waals surface area contributed by atoms with Gasteiger partial charge in [-0.05, 0) is 66.5 Å². The molecule has 1 amide bonds. The van der Waals surface area contributed by atoms with Crippen molar-refractivity contribution in [2.24, 2.45) is 0 Å². The van der Waals surface area contributed by atoms with Crippen molar-refractivity contribution in [3.05, 3.63) is 17.7 Å². The molecule has 2 aliphatic heterocycles. The third-order valence-electron chi connectivity index (χ3n) is 5.44. The Morgan fingerprint density at radius 2 is 1.80 bits per heavy atom. The summed E-state index contributed by atoms with van der Waals surface area (Å²) in [6.45, 7) is 11.7. The lowest BCUT2D eigenvalue weighted by Crippen LogP contribution is -2.49. The van der Waals surface area contributed by atoms with Gasteiger partial charge in [-0.25, -0.2) is 9.78 Å². The number of aryl methyl sites for hydroxylation is 1. The van der Waals surface area contributed by atoms with Crippen LogP contribution in [0, 0.1) is 6.92 Å². The lowest BCUT2D eigenvalue weighted by atomic mass is 9.90. The van der Waals surface area contributed by atoms with E-state index in [9.17, 15) is 4.79 Å². The van der Waals surface area contributed by atoms with E-state index in [2.05, 4.69) is 21.8 Å². The van der Waals surface area contributed by atoms with Crippen molar-refractivity contribution in [2.75, 3.05) is 26.2 Å². The van der Waals surface area contributed by atoms with Crippen LogP contribution in [0.4, 0.5) is 4.79 Å². The first-order valence-electron chi connectivity index (χ1n) is 9.55. The van der Waals surface area contributed by atoms with E-state index in [-0.39, 0.29) is 6.09 Å². The number of nitrogens with zero attached hydrogens (tertiary/aromatic N) is 3. The number of imidazole rings is 1. The quantitative estimate of drug-likeness (QED) is 0.891. The molecule has 3 heterocycles. The monoisotopic (exact) mass is 348 g/mol. The zero-order chi connectivity index (χ0) is 18.0. The van der Waals surface area contributed by atoms with Gasteiger partial charge in [-0.3, -0.25) is 0 Å². The average molecular weight is 348 g/mol. The Hall–Kier alpha value is -1.56. The number of nitrogens with one attached hydrogen (secondary N) is 1. The molecule has 1 aromatic heterocycles. The Balaban J connectivity index is 1.45. The first kappa shape index (κ1) is 18.2. The van der Waals surface area contributed by atoms with Gasteiger partial charge >= 0.3 is 6.09 Å². The van der Waals surface area contributed by atoms with Crippen LogP contribution in [0.2, 0.25) is 0 Å². The average Bonchev–Trinajstić information content (AvgIpc) is 3.00. The number of aromatic nitrogens is 2. The number of ether oxygens (including phenoxy) is 1. The second-order valence-electron chi connectivity index (χ2n) is 8.41. The topological polar surface area (TPSA) is 61.5 Å². The summed E-state index contributed by atoms with van der Waals surface area (Å²) in [6.07, 6.45) is 6.12. The summed E-state index contributed by atoms with van der Waals surface area (Å²) < 4.78 is 5.49. The van der Waals surface area contributed by atoms with Crippen molar-refractivity contribution in [2.45, 2.75) is 70.9 Å². The fourth-order valence-electron chi connectivity index (χ4n) is 4.08. The van der Waals surface area contributed by atoms with E-state index in [1.807, 2.05) is 32.0 Å². The highest BCUT2D eigenvalue weighted by Gasteiger charge is 2.32. The maximum absolute atomic E-state index is 12.2. The van der Waals surface area contributed by atoms with Gasteiger partial charge in [0, 0.05) is 30.7 Å². The molecule has 0 aromatic carbocycles. The Morgan fingerprint density at radius 3 is 2.32 bits per heavy atom. The number of piperidine rings is 2. The van der Waals surface area contributed by atoms with Crippen LogP contribution in [0.3, 0.4) is 0 Å². The Kier molecular flexibility index (Phi) is 5.37. The Morgan fingerprint density at radius 1 is 1.16 bits per heavy atom. The summed E-state index contributed by atoms with van der Waals surface area (Å²) in [5, 5.41) is 0. The molecule has 2 aliphatic rings. The van der Waals surface area contributed by atoms with E-state index in [0.717, 1.165) is 44.7 Å². The van der Waals surface area contributed by atoms with Crippen molar-refractivity contribution in [1.29, 1.82) is 0 Å². The van der Waals surface area contributed by atoms with Crippen LogP contribution in [-0.4, -0.2) is 63.7 Å². The van der Waals surface area contributed by atoms with Gasteiger partial charge in [-0.15, -0.1) is 0 Å². The molecule has 6 heteroatoms. The molecule has 2 saturated heterocycles. The SMILES string of the molecule is Cc1nc[nH]c1C1CCN(C2CCN(C(=O)OC(C)(C)C)CC2)CC1. The number of carbonyl (C=O) groups is 1. The van der Waals surface area contributed by atoms with Crippen molar-refractivity contribution >= 4 is 6.09 Å². The van der Waals surface area contributed by atoms with E-state index in [1.165, 1.54) is 18.5 Å². The predicted molar refractivity (Wildman–Crippen MR) is 97.7 cm³/mol. The van der Waals surface area contributed by atoms with Gasteiger partial charge in [0.1, 0.15) is 5.60 Å². The smallest absolute Gasteiger partial charge is 0.410 e. The Labute approximate surface area is 150 Å². The molecule has 0 spiro atoms. The van der Waals surface area contributed by atoms with Gasteiger partial charge in [0.2, 0.25) is 0 Å². The molecule has 2 fully saturated rings. The summed E-state index contributed by atoms with van der Waals surface area (Å²) in [5.41, 5.74) is 2.05. The summed E-state index contributed by atoms with van der Waals surface area (Å²) in [6, 6.07) is 0.600. The highest BCUT2D eigenvalue weighted by Crippen LogP contribution is 2.31. The summed E-state index contributed by atoms with van der Waals surface area (Å²) in [5.74, 6) is 0.612. The van der Waals surface area contributed by atoms with Crippen LogP contribution in [-0.2, 0) is 4.74 Å². The minimum absolute atomic E-state index is 0.167. The maximum atomic E-state index is 12.2. The number of likely N-dealkylation sites (tertiary alicyclic amines) is 2. The van der Waals surface area contributed by atoms with E-state index < -0.39 is 5.60 Å². The van der Waals surface area contributed by atoms with Crippen LogP contribution in [0.1, 0.15) is 63.8 Å². The molecule has 0 bridgehead atoms. The molecular formula is C19H32N4O2. The minimum atomic E-state index is -0.416. The number of aromatic amines is 1. The van der Waals surface area contributed by atoms with Crippen LogP contribution >= 0.6 is 0 Å². The van der Waals surface area contributed by atoms with Crippen LogP contribution < -0.4 is 0 Å². The van der Waals surface area contributed by atoms with Crippen molar-refractivity contribution in [3.8, 4) is 0 Å². The molecule has 0 unspecified atom stereocenters. The molecule has 0 saturated carbocycles. The molecule has 25 heavy (non-hydrogen) atoms. The zero-order valence-electron chi connectivity index (χ0n) is 16.0. The highest BCUT2D eigenvalue weighted by molar-refractivity contribution is 5.68. The highest BCUT2D eigenvalue weighted by atomic mass is 16.6. The first-order chi connectivity index (χ1) is 11.8. The second-order valence-corrected chi connectivity index (χ2v) is 8.41. The second kappa shape index (κ2) is 7.36. The van der Waals surface area contributed by atoms with Crippen molar-refractivity contribution in [3.63, 3.8) is 0 Å². The van der Waals surface area contributed by atoms with Gasteiger partial charge in [-0.1, -0.05) is 0 Å². The summed E-state index contributed by atoms with van der Waals surface area (Å²) >= 11 is 0. The number of rotatable bonds is 2. The standard InChI is InChI=1S/C19H32N4O2/c1-14-17(21-13-20-14)15-5-9-22(10-6-15)16-7-11-23(12-8-16)18(24)25-19(2,3)4/h13,15-16H,5-12H2,1-4H3,(H,20,21). The van der Waals surface area contributed by atoms with Crippen LogP contribution in [0.5, 0.6) is 0 Å². The van der Waals surface area contributed by atoms with Gasteiger partial charge < -0.3 is 19.5 Å². The lowest BCUT2D eigenvalue weighted by Gasteiger charge is -2.41. The summed E-state index contributed by atoms with van der Waals surface area (Å²) in [7, 11) is 0. The zero-order valence-corrected chi connectivity index (χ0v) is 16.0. The number of H-pyrrole nitrogens is 1. The lowest BCUT2D eigenvalue weighted by molar-refractivity contribution is 0.0127. The first-order valence-corrected chi connectivity index (χ1v) is 9.55. The molecule has 1 N–H and O–H groups in total. The number of hydrogen-bond donors (Lipinski definition) is 1. The molecule has 0 radical (unpaired) electrons. The maximum Gasteiger partial charge on any atom is 0.410 e. The van der Waals surface area contributed by atoms with Crippen molar-refractivity contribution < 1.29 is 9.53 Å². The third-order valence-corrected chi connectivity index (χ3v) is 5.44. The van der Waals surface area contributed by atoms with Gasteiger partial charge in [0.15, 0.2) is 0 Å². The fraction of sp³-hybridized carbons (Fsp3) is 0.789. The molecule has 6 nitrogen and oxygen atoms in total. The predicted octanol–water partition coefficient (Wildman–Crippen LogP) is 3.30. The molecule has 0 atom stereocenters. The molecule has 1 aromatic rings. The minimum Gasteiger partial charge on any atom is -0.444 e. The number of amides is 1. The number of hydrogen-bond acceptors (Lipinski definition) is 4. The largest absolute Gasteiger partial charge is 0.444 e. The summed E-state index contributed by atoms with van der Waals surface area (Å²) in [4.78, 5) is 24.3. The molecule has 140 valence electrons. The van der Waals surface area contributed by atoms with E-state index in [4.69, 9.17) is 4.74 Å². The van der Waals surface area contributed by atoms with Crippen molar-refractivity contribution in [1.82, 2.24) is 19.8 Å². The van der Waals surface area contributed by atoms with Gasteiger partial charge in [0.25, 0.3) is 0 Å². The number of carbonyl (C=O) groups excluding carboxylic acids is 1. The molecule has 3 rings (SSSR count). The Bertz CT molecular complexity index is 576.